The number of benzene rings is 1. The lowest BCUT2D eigenvalue weighted by atomic mass is 9.93. The van der Waals surface area contributed by atoms with Crippen LogP contribution in [0.5, 0.6) is 0 Å². The zero-order valence-electron chi connectivity index (χ0n) is 10.8. The molecular formula is C15H17N3O. The summed E-state index contributed by atoms with van der Waals surface area (Å²) in [5.41, 5.74) is 8.35. The highest BCUT2D eigenvalue weighted by molar-refractivity contribution is 6.06. The number of hydrogen-bond donors (Lipinski definition) is 1. The molecule has 0 atom stereocenters. The van der Waals surface area contributed by atoms with E-state index in [1.807, 2.05) is 17.0 Å². The van der Waals surface area contributed by atoms with Crippen LogP contribution in [0.1, 0.15) is 24.0 Å². The van der Waals surface area contributed by atoms with E-state index in [2.05, 4.69) is 17.1 Å². The molecule has 2 aliphatic carbocycles. The minimum atomic E-state index is -0.372. The summed E-state index contributed by atoms with van der Waals surface area (Å²) >= 11 is 0. The summed E-state index contributed by atoms with van der Waals surface area (Å²) in [6.45, 7) is 0.816. The summed E-state index contributed by atoms with van der Waals surface area (Å²) in [6, 6.07) is 8.22. The van der Waals surface area contributed by atoms with E-state index in [0.29, 0.717) is 11.8 Å². The van der Waals surface area contributed by atoms with Gasteiger partial charge in [0.05, 0.1) is 0 Å². The molecule has 4 nitrogen and oxygen atoms in total. The van der Waals surface area contributed by atoms with Crippen molar-refractivity contribution in [2.24, 2.45) is 16.6 Å². The Hall–Kier alpha value is -1.84. The molecule has 1 aliphatic heterocycles. The summed E-state index contributed by atoms with van der Waals surface area (Å²) in [6.07, 6.45) is 4.09. The monoisotopic (exact) mass is 255 g/mol. The summed E-state index contributed by atoms with van der Waals surface area (Å²) in [5, 5.41) is 0. The van der Waals surface area contributed by atoms with Gasteiger partial charge in [-0.3, -0.25) is 0 Å². The second kappa shape index (κ2) is 3.59. The molecule has 0 saturated heterocycles. The molecule has 1 aromatic carbocycles. The fourth-order valence-electron chi connectivity index (χ4n) is 3.37. The molecule has 19 heavy (non-hydrogen) atoms. The average molecular weight is 255 g/mol. The smallest absolute Gasteiger partial charge is 0.346 e. The quantitative estimate of drug-likeness (QED) is 0.875. The Kier molecular flexibility index (Phi) is 2.08. The van der Waals surface area contributed by atoms with Crippen LogP contribution in [0.15, 0.2) is 29.3 Å². The summed E-state index contributed by atoms with van der Waals surface area (Å²) in [4.78, 5) is 18.1. The number of amides is 2. The number of carbonyl (C=O) groups excluding carboxylic acids is 1. The van der Waals surface area contributed by atoms with Gasteiger partial charge in [0.2, 0.25) is 0 Å². The van der Waals surface area contributed by atoms with Crippen molar-refractivity contribution in [1.82, 2.24) is 4.90 Å². The number of aliphatic imine (C=N–C) groups is 1. The van der Waals surface area contributed by atoms with Crippen molar-refractivity contribution in [3.63, 3.8) is 0 Å². The van der Waals surface area contributed by atoms with Crippen molar-refractivity contribution in [3.8, 4) is 0 Å². The molecule has 0 aromatic heterocycles. The van der Waals surface area contributed by atoms with Gasteiger partial charge in [-0.05, 0) is 29.9 Å². The van der Waals surface area contributed by atoms with E-state index in [9.17, 15) is 4.79 Å². The van der Waals surface area contributed by atoms with Gasteiger partial charge in [0.1, 0.15) is 11.4 Å². The first-order valence-electron chi connectivity index (χ1n) is 6.92. The number of nitrogens with two attached hydrogens (primary N) is 1. The Morgan fingerprint density at radius 2 is 1.89 bits per heavy atom. The summed E-state index contributed by atoms with van der Waals surface area (Å²) in [5.74, 6) is 1.17. The van der Waals surface area contributed by atoms with Crippen LogP contribution < -0.4 is 5.73 Å². The van der Waals surface area contributed by atoms with Gasteiger partial charge in [-0.2, -0.15) is 4.99 Å². The van der Waals surface area contributed by atoms with Crippen LogP contribution in [0, 0.1) is 5.92 Å². The molecule has 0 unspecified atom stereocenters. The predicted molar refractivity (Wildman–Crippen MR) is 73.0 cm³/mol. The molecule has 98 valence electrons. The van der Waals surface area contributed by atoms with Gasteiger partial charge in [-0.15, -0.1) is 0 Å². The highest BCUT2D eigenvalue weighted by Crippen LogP contribution is 2.41. The Morgan fingerprint density at radius 1 is 1.26 bits per heavy atom. The minimum Gasteiger partial charge on any atom is -0.385 e. The largest absolute Gasteiger partial charge is 0.385 e. The molecule has 1 saturated carbocycles. The van der Waals surface area contributed by atoms with Crippen molar-refractivity contribution < 1.29 is 4.79 Å². The Balaban J connectivity index is 1.72. The van der Waals surface area contributed by atoms with E-state index in [1.165, 1.54) is 24.0 Å². The zero-order valence-corrected chi connectivity index (χ0v) is 10.8. The lowest BCUT2D eigenvalue weighted by Gasteiger charge is -2.34. The van der Waals surface area contributed by atoms with Crippen molar-refractivity contribution >= 4 is 11.9 Å². The van der Waals surface area contributed by atoms with E-state index in [1.54, 1.807) is 0 Å². The first-order valence-corrected chi connectivity index (χ1v) is 6.92. The number of fused-ring (bicyclic) bond motifs is 1. The SMILES string of the molecule is NC1=NC(=O)N(CC2CC2)C12Cc1ccccc1C2. The van der Waals surface area contributed by atoms with E-state index in [4.69, 9.17) is 5.73 Å². The van der Waals surface area contributed by atoms with E-state index < -0.39 is 0 Å². The Bertz CT molecular complexity index is 564. The summed E-state index contributed by atoms with van der Waals surface area (Å²) < 4.78 is 0. The molecule has 1 heterocycles. The van der Waals surface area contributed by atoms with Crippen LogP contribution in [0.2, 0.25) is 0 Å². The fraction of sp³-hybridized carbons (Fsp3) is 0.467. The number of carbonyl (C=O) groups is 1. The Morgan fingerprint density at radius 3 is 2.47 bits per heavy atom. The lowest BCUT2D eigenvalue weighted by molar-refractivity contribution is 0.170. The number of urea groups is 1. The molecular weight excluding hydrogens is 238 g/mol. The third kappa shape index (κ3) is 1.52. The van der Waals surface area contributed by atoms with Crippen LogP contribution in [0.4, 0.5) is 4.79 Å². The van der Waals surface area contributed by atoms with Gasteiger partial charge in [0, 0.05) is 19.4 Å². The van der Waals surface area contributed by atoms with E-state index >= 15 is 0 Å². The highest BCUT2D eigenvalue weighted by Gasteiger charge is 2.52. The first-order chi connectivity index (χ1) is 9.19. The number of rotatable bonds is 2. The molecule has 1 fully saturated rings. The first kappa shape index (κ1) is 11.0. The predicted octanol–water partition coefficient (Wildman–Crippen LogP) is 1.73. The van der Waals surface area contributed by atoms with Gasteiger partial charge in [-0.1, -0.05) is 24.3 Å². The second-order valence-corrected chi connectivity index (χ2v) is 5.99. The zero-order chi connectivity index (χ0) is 13.0. The average Bonchev–Trinajstić information content (AvgIpc) is 3.08. The molecule has 4 rings (SSSR count). The van der Waals surface area contributed by atoms with Crippen LogP contribution in [0.3, 0.4) is 0 Å². The van der Waals surface area contributed by atoms with Gasteiger partial charge in [0.15, 0.2) is 0 Å². The lowest BCUT2D eigenvalue weighted by Crippen LogP contribution is -2.55. The molecule has 0 radical (unpaired) electrons. The third-order valence-corrected chi connectivity index (χ3v) is 4.66. The van der Waals surface area contributed by atoms with Gasteiger partial charge >= 0.3 is 6.03 Å². The van der Waals surface area contributed by atoms with Crippen molar-refractivity contribution in [3.05, 3.63) is 35.4 Å². The third-order valence-electron chi connectivity index (χ3n) is 4.66. The van der Waals surface area contributed by atoms with Crippen molar-refractivity contribution in [2.45, 2.75) is 31.2 Å². The minimum absolute atomic E-state index is 0.141. The molecule has 2 amide bonds. The maximum Gasteiger partial charge on any atom is 0.346 e. The molecule has 1 aromatic rings. The molecule has 0 bridgehead atoms. The van der Waals surface area contributed by atoms with Crippen LogP contribution in [0.25, 0.3) is 0 Å². The molecule has 1 spiro atoms. The Labute approximate surface area is 112 Å². The van der Waals surface area contributed by atoms with Crippen LogP contribution in [-0.2, 0) is 12.8 Å². The van der Waals surface area contributed by atoms with Crippen molar-refractivity contribution in [1.29, 1.82) is 0 Å². The van der Waals surface area contributed by atoms with E-state index in [0.717, 1.165) is 19.4 Å². The van der Waals surface area contributed by atoms with Gasteiger partial charge in [0.25, 0.3) is 0 Å². The number of amidine groups is 1. The summed E-state index contributed by atoms with van der Waals surface area (Å²) in [7, 11) is 0. The van der Waals surface area contributed by atoms with Gasteiger partial charge < -0.3 is 10.6 Å². The molecule has 3 aliphatic rings. The maximum absolute atomic E-state index is 12.1. The van der Waals surface area contributed by atoms with Crippen molar-refractivity contribution in [2.75, 3.05) is 6.54 Å². The normalized spacial score (nSPS) is 23.9. The fourth-order valence-corrected chi connectivity index (χ4v) is 3.37. The highest BCUT2D eigenvalue weighted by atomic mass is 16.2. The second-order valence-electron chi connectivity index (χ2n) is 5.99. The van der Waals surface area contributed by atoms with E-state index in [-0.39, 0.29) is 11.6 Å². The van der Waals surface area contributed by atoms with Gasteiger partial charge in [-0.25, -0.2) is 4.79 Å². The number of nitrogens with zero attached hydrogens (tertiary/aromatic N) is 2. The molecule has 4 heteroatoms. The standard InChI is InChI=1S/C15H17N3O/c16-13-15(7-11-3-1-2-4-12(11)8-15)18(14(19)17-13)9-10-5-6-10/h1-4,10H,5-9H2,(H2,16,17,19). The topological polar surface area (TPSA) is 58.7 Å². The molecule has 2 N–H and O–H groups in total. The van der Waals surface area contributed by atoms with Crippen LogP contribution in [-0.4, -0.2) is 28.9 Å². The van der Waals surface area contributed by atoms with Crippen LogP contribution >= 0.6 is 0 Å². The number of hydrogen-bond acceptors (Lipinski definition) is 2. The maximum atomic E-state index is 12.1.